The molecule has 4 heteroatoms. The lowest BCUT2D eigenvalue weighted by Gasteiger charge is -2.21. The van der Waals surface area contributed by atoms with Gasteiger partial charge in [-0.2, -0.15) is 0 Å². The Morgan fingerprint density at radius 3 is 2.69 bits per heavy atom. The SMILES string of the molecule is Cc1ccoc1C(=O)NC(CCN)C(C)C. The number of rotatable bonds is 5. The average molecular weight is 224 g/mol. The van der Waals surface area contributed by atoms with E-state index in [0.29, 0.717) is 18.2 Å². The molecule has 0 aromatic carbocycles. The Balaban J connectivity index is 2.65. The monoisotopic (exact) mass is 224 g/mol. The van der Waals surface area contributed by atoms with E-state index in [0.717, 1.165) is 12.0 Å². The zero-order chi connectivity index (χ0) is 12.1. The average Bonchev–Trinajstić information content (AvgIpc) is 2.63. The summed E-state index contributed by atoms with van der Waals surface area (Å²) in [6.45, 7) is 6.55. The van der Waals surface area contributed by atoms with Gasteiger partial charge in [0, 0.05) is 11.6 Å². The first-order chi connectivity index (χ1) is 7.56. The van der Waals surface area contributed by atoms with Gasteiger partial charge >= 0.3 is 0 Å². The first-order valence-electron chi connectivity index (χ1n) is 5.61. The number of hydrogen-bond donors (Lipinski definition) is 2. The van der Waals surface area contributed by atoms with Gasteiger partial charge in [0.25, 0.3) is 5.91 Å². The third-order valence-corrected chi connectivity index (χ3v) is 2.67. The first-order valence-corrected chi connectivity index (χ1v) is 5.61. The quantitative estimate of drug-likeness (QED) is 0.799. The Bertz CT molecular complexity index is 345. The van der Waals surface area contributed by atoms with E-state index >= 15 is 0 Å². The predicted octanol–water partition coefficient (Wildman–Crippen LogP) is 1.69. The Labute approximate surface area is 96.2 Å². The number of carbonyl (C=O) groups excluding carboxylic acids is 1. The van der Waals surface area contributed by atoms with Gasteiger partial charge in [0.2, 0.25) is 0 Å². The minimum atomic E-state index is -0.158. The molecule has 0 aliphatic heterocycles. The van der Waals surface area contributed by atoms with Crippen LogP contribution in [0.2, 0.25) is 0 Å². The summed E-state index contributed by atoms with van der Waals surface area (Å²) >= 11 is 0. The fourth-order valence-electron chi connectivity index (χ4n) is 1.59. The van der Waals surface area contributed by atoms with Crippen molar-refractivity contribution in [3.05, 3.63) is 23.7 Å². The van der Waals surface area contributed by atoms with Gasteiger partial charge in [0.1, 0.15) is 0 Å². The molecule has 0 bridgehead atoms. The summed E-state index contributed by atoms with van der Waals surface area (Å²) < 4.78 is 5.14. The van der Waals surface area contributed by atoms with Crippen LogP contribution in [0.4, 0.5) is 0 Å². The van der Waals surface area contributed by atoms with E-state index in [1.54, 1.807) is 6.07 Å². The zero-order valence-electron chi connectivity index (χ0n) is 10.1. The maximum atomic E-state index is 11.9. The summed E-state index contributed by atoms with van der Waals surface area (Å²) in [4.78, 5) is 11.9. The number of carbonyl (C=O) groups is 1. The van der Waals surface area contributed by atoms with Gasteiger partial charge in [-0.3, -0.25) is 4.79 Å². The topological polar surface area (TPSA) is 68.3 Å². The molecule has 0 spiro atoms. The molecule has 0 aliphatic carbocycles. The van der Waals surface area contributed by atoms with Crippen LogP contribution in [0.1, 0.15) is 36.4 Å². The molecule has 16 heavy (non-hydrogen) atoms. The lowest BCUT2D eigenvalue weighted by atomic mass is 10.0. The molecular formula is C12H20N2O2. The molecule has 0 fully saturated rings. The largest absolute Gasteiger partial charge is 0.459 e. The van der Waals surface area contributed by atoms with Crippen LogP contribution >= 0.6 is 0 Å². The van der Waals surface area contributed by atoms with Crippen molar-refractivity contribution in [2.75, 3.05) is 6.54 Å². The van der Waals surface area contributed by atoms with Crippen molar-refractivity contribution in [3.8, 4) is 0 Å². The molecule has 1 atom stereocenters. The summed E-state index contributed by atoms with van der Waals surface area (Å²) in [7, 11) is 0. The zero-order valence-corrected chi connectivity index (χ0v) is 10.1. The molecule has 1 amide bonds. The Hall–Kier alpha value is -1.29. The van der Waals surface area contributed by atoms with Gasteiger partial charge in [-0.05, 0) is 31.9 Å². The molecule has 0 saturated heterocycles. The van der Waals surface area contributed by atoms with Crippen molar-refractivity contribution in [2.24, 2.45) is 11.7 Å². The van der Waals surface area contributed by atoms with Gasteiger partial charge in [-0.25, -0.2) is 0 Å². The number of furan rings is 1. The van der Waals surface area contributed by atoms with E-state index in [1.165, 1.54) is 6.26 Å². The summed E-state index contributed by atoms with van der Waals surface area (Å²) in [5, 5.41) is 2.95. The smallest absolute Gasteiger partial charge is 0.287 e. The minimum absolute atomic E-state index is 0.0991. The van der Waals surface area contributed by atoms with Crippen molar-refractivity contribution in [3.63, 3.8) is 0 Å². The summed E-state index contributed by atoms with van der Waals surface area (Å²) in [5.41, 5.74) is 6.37. The molecule has 0 aliphatic rings. The van der Waals surface area contributed by atoms with Gasteiger partial charge in [0.15, 0.2) is 5.76 Å². The van der Waals surface area contributed by atoms with E-state index in [-0.39, 0.29) is 11.9 Å². The van der Waals surface area contributed by atoms with Gasteiger partial charge in [0.05, 0.1) is 6.26 Å². The normalized spacial score (nSPS) is 12.8. The van der Waals surface area contributed by atoms with Crippen molar-refractivity contribution >= 4 is 5.91 Å². The molecule has 0 radical (unpaired) electrons. The third-order valence-electron chi connectivity index (χ3n) is 2.67. The van der Waals surface area contributed by atoms with Crippen molar-refractivity contribution < 1.29 is 9.21 Å². The van der Waals surface area contributed by atoms with Crippen LogP contribution in [-0.4, -0.2) is 18.5 Å². The molecule has 1 heterocycles. The van der Waals surface area contributed by atoms with Crippen LogP contribution in [0.5, 0.6) is 0 Å². The number of amides is 1. The lowest BCUT2D eigenvalue weighted by Crippen LogP contribution is -2.40. The number of hydrogen-bond acceptors (Lipinski definition) is 3. The molecule has 3 N–H and O–H groups in total. The van der Waals surface area contributed by atoms with Crippen LogP contribution in [0, 0.1) is 12.8 Å². The molecule has 90 valence electrons. The molecule has 1 unspecified atom stereocenters. The molecular weight excluding hydrogens is 204 g/mol. The van der Waals surface area contributed by atoms with E-state index in [2.05, 4.69) is 19.2 Å². The summed E-state index contributed by atoms with van der Waals surface area (Å²) in [6.07, 6.45) is 2.31. The highest BCUT2D eigenvalue weighted by molar-refractivity contribution is 5.92. The second-order valence-corrected chi connectivity index (χ2v) is 4.33. The van der Waals surface area contributed by atoms with Gasteiger partial charge < -0.3 is 15.5 Å². The van der Waals surface area contributed by atoms with Gasteiger partial charge in [-0.1, -0.05) is 13.8 Å². The highest BCUT2D eigenvalue weighted by Gasteiger charge is 2.19. The van der Waals surface area contributed by atoms with Crippen LogP contribution < -0.4 is 11.1 Å². The molecule has 1 aromatic rings. The minimum Gasteiger partial charge on any atom is -0.459 e. The molecule has 4 nitrogen and oxygen atoms in total. The van der Waals surface area contributed by atoms with Crippen LogP contribution in [0.3, 0.4) is 0 Å². The maximum absolute atomic E-state index is 11.9. The predicted molar refractivity (Wildman–Crippen MR) is 63.2 cm³/mol. The maximum Gasteiger partial charge on any atom is 0.287 e. The molecule has 1 aromatic heterocycles. The Morgan fingerprint density at radius 2 is 2.25 bits per heavy atom. The Morgan fingerprint density at radius 1 is 1.56 bits per heavy atom. The second kappa shape index (κ2) is 5.70. The number of nitrogens with two attached hydrogens (primary N) is 1. The van der Waals surface area contributed by atoms with E-state index in [1.807, 2.05) is 6.92 Å². The molecule has 0 saturated carbocycles. The van der Waals surface area contributed by atoms with Crippen molar-refractivity contribution in [1.82, 2.24) is 5.32 Å². The van der Waals surface area contributed by atoms with Gasteiger partial charge in [-0.15, -0.1) is 0 Å². The highest BCUT2D eigenvalue weighted by atomic mass is 16.3. The highest BCUT2D eigenvalue weighted by Crippen LogP contribution is 2.11. The van der Waals surface area contributed by atoms with Crippen LogP contribution in [-0.2, 0) is 0 Å². The lowest BCUT2D eigenvalue weighted by molar-refractivity contribution is 0.0895. The first kappa shape index (κ1) is 12.8. The van der Waals surface area contributed by atoms with E-state index in [9.17, 15) is 4.79 Å². The molecule has 1 rings (SSSR count). The Kier molecular flexibility index (Phi) is 4.55. The second-order valence-electron chi connectivity index (χ2n) is 4.33. The van der Waals surface area contributed by atoms with Crippen LogP contribution in [0.15, 0.2) is 16.7 Å². The summed E-state index contributed by atoms with van der Waals surface area (Å²) in [6, 6.07) is 1.88. The summed E-state index contributed by atoms with van der Waals surface area (Å²) in [5.74, 6) is 0.597. The fraction of sp³-hybridized carbons (Fsp3) is 0.583. The van der Waals surface area contributed by atoms with E-state index < -0.39 is 0 Å². The standard InChI is InChI=1S/C12H20N2O2/c1-8(2)10(4-6-13)14-12(15)11-9(3)5-7-16-11/h5,7-8,10H,4,6,13H2,1-3H3,(H,14,15). The van der Waals surface area contributed by atoms with E-state index in [4.69, 9.17) is 10.2 Å². The van der Waals surface area contributed by atoms with Crippen molar-refractivity contribution in [2.45, 2.75) is 33.2 Å². The van der Waals surface area contributed by atoms with Crippen molar-refractivity contribution in [1.29, 1.82) is 0 Å². The third kappa shape index (κ3) is 3.10. The fourth-order valence-corrected chi connectivity index (χ4v) is 1.59. The van der Waals surface area contributed by atoms with Crippen LogP contribution in [0.25, 0.3) is 0 Å². The number of aryl methyl sites for hydroxylation is 1. The number of nitrogens with one attached hydrogen (secondary N) is 1.